The number of carbonyl (C=O) groups excluding carboxylic acids is 1. The number of carbonyl (C=O) groups is 1. The van der Waals surface area contributed by atoms with Crippen LogP contribution in [0.25, 0.3) is 0 Å². The van der Waals surface area contributed by atoms with Crippen LogP contribution < -0.4 is 10.1 Å². The first-order valence-corrected chi connectivity index (χ1v) is 7.14. The van der Waals surface area contributed by atoms with Crippen molar-refractivity contribution >= 4 is 23.2 Å². The van der Waals surface area contributed by atoms with Crippen molar-refractivity contribution in [3.63, 3.8) is 0 Å². The van der Waals surface area contributed by atoms with E-state index in [-0.39, 0.29) is 24.8 Å². The van der Waals surface area contributed by atoms with Gasteiger partial charge in [0, 0.05) is 5.02 Å². The van der Waals surface area contributed by atoms with Crippen LogP contribution in [-0.2, 0) is 9.53 Å². The van der Waals surface area contributed by atoms with Gasteiger partial charge in [-0.3, -0.25) is 4.79 Å². The molecule has 0 heterocycles. The summed E-state index contributed by atoms with van der Waals surface area (Å²) in [5.41, 5.74) is -0.552. The number of rotatable bonds is 7. The smallest absolute Gasteiger partial charge is 0.250 e. The lowest BCUT2D eigenvalue weighted by Gasteiger charge is -2.09. The Kier molecular flexibility index (Phi) is 6.31. The lowest BCUT2D eigenvalue weighted by molar-refractivity contribution is -0.120. The van der Waals surface area contributed by atoms with Gasteiger partial charge in [0.2, 0.25) is 0 Å². The quantitative estimate of drug-likeness (QED) is 0.782. The van der Waals surface area contributed by atoms with Crippen LogP contribution in [0.2, 0.25) is 5.02 Å². The van der Waals surface area contributed by atoms with Crippen molar-refractivity contribution in [3.8, 4) is 5.75 Å². The minimum Gasteiger partial charge on any atom is -0.491 e. The van der Waals surface area contributed by atoms with Crippen LogP contribution in [0.4, 0.5) is 14.5 Å². The van der Waals surface area contributed by atoms with Gasteiger partial charge in [-0.1, -0.05) is 29.8 Å². The van der Waals surface area contributed by atoms with Gasteiger partial charge in [0.15, 0.2) is 11.6 Å². The van der Waals surface area contributed by atoms with Crippen molar-refractivity contribution in [3.05, 3.63) is 59.1 Å². The van der Waals surface area contributed by atoms with E-state index in [0.717, 1.165) is 12.1 Å². The lowest BCUT2D eigenvalue weighted by atomic mass is 10.3. The molecule has 0 bridgehead atoms. The largest absolute Gasteiger partial charge is 0.491 e. The number of benzene rings is 2. The number of hydrogen-bond donors (Lipinski definition) is 1. The number of amides is 1. The molecule has 0 aromatic heterocycles. The number of para-hydroxylation sites is 1. The summed E-state index contributed by atoms with van der Waals surface area (Å²) < 4.78 is 37.5. The van der Waals surface area contributed by atoms with Crippen molar-refractivity contribution in [2.45, 2.75) is 0 Å². The Morgan fingerprint density at radius 1 is 1.09 bits per heavy atom. The van der Waals surface area contributed by atoms with Crippen molar-refractivity contribution < 1.29 is 23.0 Å². The second kappa shape index (κ2) is 8.45. The van der Waals surface area contributed by atoms with Gasteiger partial charge in [-0.25, -0.2) is 8.78 Å². The highest BCUT2D eigenvalue weighted by Crippen LogP contribution is 2.23. The molecule has 0 unspecified atom stereocenters. The van der Waals surface area contributed by atoms with E-state index >= 15 is 0 Å². The summed E-state index contributed by atoms with van der Waals surface area (Å²) in [6, 6.07) is 10.9. The molecule has 122 valence electrons. The molecule has 0 spiro atoms. The zero-order valence-electron chi connectivity index (χ0n) is 12.0. The van der Waals surface area contributed by atoms with E-state index in [2.05, 4.69) is 5.32 Å². The Hall–Kier alpha value is -2.18. The highest BCUT2D eigenvalue weighted by atomic mass is 35.5. The SMILES string of the molecule is O=C(COCCOc1ccccc1)Nc1c(F)cc(Cl)cc1F. The van der Waals surface area contributed by atoms with Gasteiger partial charge in [-0.2, -0.15) is 0 Å². The normalized spacial score (nSPS) is 10.4. The summed E-state index contributed by atoms with van der Waals surface area (Å²) in [5.74, 6) is -1.89. The van der Waals surface area contributed by atoms with E-state index in [1.165, 1.54) is 0 Å². The molecule has 0 saturated carbocycles. The molecule has 0 aliphatic rings. The molecule has 1 N–H and O–H groups in total. The maximum absolute atomic E-state index is 13.5. The molecule has 0 aliphatic carbocycles. The van der Waals surface area contributed by atoms with E-state index in [0.29, 0.717) is 5.75 Å². The Balaban J connectivity index is 1.71. The van der Waals surface area contributed by atoms with Gasteiger partial charge < -0.3 is 14.8 Å². The van der Waals surface area contributed by atoms with Gasteiger partial charge >= 0.3 is 0 Å². The predicted molar refractivity (Wildman–Crippen MR) is 82.8 cm³/mol. The summed E-state index contributed by atoms with van der Waals surface area (Å²) in [5, 5.41) is 2.01. The van der Waals surface area contributed by atoms with E-state index in [1.807, 2.05) is 18.2 Å². The summed E-state index contributed by atoms with van der Waals surface area (Å²) in [6.07, 6.45) is 0. The van der Waals surface area contributed by atoms with Gasteiger partial charge in [-0.05, 0) is 24.3 Å². The molecule has 1 amide bonds. The predicted octanol–water partition coefficient (Wildman–Crippen LogP) is 3.65. The zero-order valence-corrected chi connectivity index (χ0v) is 12.8. The third kappa shape index (κ3) is 5.50. The fourth-order valence-electron chi connectivity index (χ4n) is 1.74. The van der Waals surface area contributed by atoms with Crippen LogP contribution in [0.3, 0.4) is 0 Å². The third-order valence-electron chi connectivity index (χ3n) is 2.74. The summed E-state index contributed by atoms with van der Waals surface area (Å²) >= 11 is 5.50. The average molecular weight is 342 g/mol. The number of hydrogen-bond acceptors (Lipinski definition) is 3. The molecule has 2 aromatic rings. The van der Waals surface area contributed by atoms with E-state index in [1.54, 1.807) is 12.1 Å². The first-order chi connectivity index (χ1) is 11.1. The highest BCUT2D eigenvalue weighted by Gasteiger charge is 2.13. The molecule has 4 nitrogen and oxygen atoms in total. The first kappa shape index (κ1) is 17.2. The van der Waals surface area contributed by atoms with Crippen molar-refractivity contribution in [1.29, 1.82) is 0 Å². The Bertz CT molecular complexity index is 645. The van der Waals surface area contributed by atoms with Gasteiger partial charge in [-0.15, -0.1) is 0 Å². The maximum atomic E-state index is 13.5. The molecule has 0 radical (unpaired) electrons. The van der Waals surface area contributed by atoms with E-state index in [4.69, 9.17) is 21.1 Å². The molecule has 7 heteroatoms. The third-order valence-corrected chi connectivity index (χ3v) is 2.96. The molecular formula is C16H14ClF2NO3. The monoisotopic (exact) mass is 341 g/mol. The second-order valence-corrected chi connectivity index (χ2v) is 4.94. The van der Waals surface area contributed by atoms with Crippen molar-refractivity contribution in [1.82, 2.24) is 0 Å². The lowest BCUT2D eigenvalue weighted by Crippen LogP contribution is -2.21. The van der Waals surface area contributed by atoms with Crippen LogP contribution in [0, 0.1) is 11.6 Å². The molecule has 2 aromatic carbocycles. The highest BCUT2D eigenvalue weighted by molar-refractivity contribution is 6.30. The van der Waals surface area contributed by atoms with Crippen molar-refractivity contribution in [2.75, 3.05) is 25.1 Å². The molecule has 0 saturated heterocycles. The van der Waals surface area contributed by atoms with Crippen LogP contribution in [0.5, 0.6) is 5.75 Å². The maximum Gasteiger partial charge on any atom is 0.250 e. The minimum atomic E-state index is -0.948. The van der Waals surface area contributed by atoms with Crippen LogP contribution in [-0.4, -0.2) is 25.7 Å². The number of ether oxygens (including phenoxy) is 2. The molecule has 0 fully saturated rings. The number of nitrogens with one attached hydrogen (secondary N) is 1. The number of halogens is 3. The summed E-state index contributed by atoms with van der Waals surface area (Å²) in [4.78, 5) is 11.6. The summed E-state index contributed by atoms with van der Waals surface area (Å²) in [6.45, 7) is 0.0640. The Morgan fingerprint density at radius 3 is 2.39 bits per heavy atom. The molecule has 0 aliphatic heterocycles. The first-order valence-electron chi connectivity index (χ1n) is 6.76. The molecule has 23 heavy (non-hydrogen) atoms. The average Bonchev–Trinajstić information content (AvgIpc) is 2.51. The van der Waals surface area contributed by atoms with E-state index < -0.39 is 23.2 Å². The zero-order chi connectivity index (χ0) is 16.7. The Morgan fingerprint density at radius 2 is 1.74 bits per heavy atom. The minimum absolute atomic E-state index is 0.0905. The molecule has 0 atom stereocenters. The Labute approximate surface area is 137 Å². The fourth-order valence-corrected chi connectivity index (χ4v) is 1.93. The molecular weight excluding hydrogens is 328 g/mol. The van der Waals surface area contributed by atoms with Crippen LogP contribution in [0.1, 0.15) is 0 Å². The standard InChI is InChI=1S/C16H14ClF2NO3/c17-11-8-13(18)16(14(19)9-11)20-15(21)10-22-6-7-23-12-4-2-1-3-5-12/h1-5,8-9H,6-7,10H2,(H,20,21). The molecule has 2 rings (SSSR count). The van der Waals surface area contributed by atoms with Gasteiger partial charge in [0.25, 0.3) is 5.91 Å². The van der Waals surface area contributed by atoms with Gasteiger partial charge in [0.1, 0.15) is 24.7 Å². The van der Waals surface area contributed by atoms with Crippen molar-refractivity contribution in [2.24, 2.45) is 0 Å². The topological polar surface area (TPSA) is 47.6 Å². The van der Waals surface area contributed by atoms with Gasteiger partial charge in [0.05, 0.1) is 6.61 Å². The number of anilines is 1. The second-order valence-electron chi connectivity index (χ2n) is 4.51. The van der Waals surface area contributed by atoms with Crippen LogP contribution in [0.15, 0.2) is 42.5 Å². The fraction of sp³-hybridized carbons (Fsp3) is 0.188. The van der Waals surface area contributed by atoms with Crippen LogP contribution >= 0.6 is 11.6 Å². The van der Waals surface area contributed by atoms with E-state index in [9.17, 15) is 13.6 Å². The summed E-state index contributed by atoms with van der Waals surface area (Å²) in [7, 11) is 0.